The molecule has 0 N–H and O–H groups in total. The normalized spacial score (nSPS) is 13.1. The first-order valence-corrected chi connectivity index (χ1v) is 10.6. The quantitative estimate of drug-likeness (QED) is 0.606. The van der Waals surface area contributed by atoms with E-state index in [1.165, 1.54) is 5.56 Å². The summed E-state index contributed by atoms with van der Waals surface area (Å²) < 4.78 is 12.8. The standard InChI is InChI=1S/C25H29N3O3/c1-17-22(18(2)28(26-17)21-8-6-5-7-9-21)10-11-25(29)27-13-12-19-14-23(30-3)24(31-4)15-20(19)16-27/h5-9,14-15H,10-13,16H2,1-4H3. The molecule has 6 heteroatoms. The first-order chi connectivity index (χ1) is 15.0. The summed E-state index contributed by atoms with van der Waals surface area (Å²) in [5, 5.41) is 4.70. The van der Waals surface area contributed by atoms with Gasteiger partial charge in [-0.2, -0.15) is 5.10 Å². The van der Waals surface area contributed by atoms with Crippen LogP contribution in [0.25, 0.3) is 5.69 Å². The fourth-order valence-corrected chi connectivity index (χ4v) is 4.34. The number of rotatable bonds is 6. The van der Waals surface area contributed by atoms with Crippen LogP contribution in [0.5, 0.6) is 11.5 Å². The Morgan fingerprint density at radius 1 is 1.03 bits per heavy atom. The zero-order chi connectivity index (χ0) is 22.0. The lowest BCUT2D eigenvalue weighted by Crippen LogP contribution is -2.36. The fourth-order valence-electron chi connectivity index (χ4n) is 4.34. The molecule has 0 radical (unpaired) electrons. The number of benzene rings is 2. The molecule has 2 heterocycles. The highest BCUT2D eigenvalue weighted by molar-refractivity contribution is 5.77. The van der Waals surface area contributed by atoms with Crippen LogP contribution in [-0.2, 0) is 24.2 Å². The maximum absolute atomic E-state index is 13.0. The molecule has 3 aromatic rings. The van der Waals surface area contributed by atoms with E-state index in [-0.39, 0.29) is 5.91 Å². The van der Waals surface area contributed by atoms with Crippen molar-refractivity contribution in [1.82, 2.24) is 14.7 Å². The predicted molar refractivity (Wildman–Crippen MR) is 120 cm³/mol. The Balaban J connectivity index is 1.45. The Bertz CT molecular complexity index is 1090. The molecule has 4 rings (SSSR count). The fraction of sp³-hybridized carbons (Fsp3) is 0.360. The van der Waals surface area contributed by atoms with Crippen LogP contribution >= 0.6 is 0 Å². The number of nitrogens with zero attached hydrogens (tertiary/aromatic N) is 3. The molecular formula is C25H29N3O3. The van der Waals surface area contributed by atoms with Crippen molar-refractivity contribution >= 4 is 5.91 Å². The minimum Gasteiger partial charge on any atom is -0.493 e. The Morgan fingerprint density at radius 3 is 2.39 bits per heavy atom. The number of hydrogen-bond donors (Lipinski definition) is 0. The number of hydrogen-bond acceptors (Lipinski definition) is 4. The van der Waals surface area contributed by atoms with Crippen molar-refractivity contribution in [2.45, 2.75) is 39.7 Å². The van der Waals surface area contributed by atoms with E-state index in [2.05, 4.69) is 6.92 Å². The van der Waals surface area contributed by atoms with Gasteiger partial charge in [0.15, 0.2) is 11.5 Å². The number of aromatic nitrogens is 2. The lowest BCUT2D eigenvalue weighted by molar-refractivity contribution is -0.132. The molecule has 0 fully saturated rings. The molecule has 0 aliphatic carbocycles. The monoisotopic (exact) mass is 419 g/mol. The SMILES string of the molecule is COc1cc2c(cc1OC)CN(C(=O)CCc1c(C)nn(-c3ccccc3)c1C)CC2. The van der Waals surface area contributed by atoms with Gasteiger partial charge in [-0.25, -0.2) is 4.68 Å². The van der Waals surface area contributed by atoms with E-state index >= 15 is 0 Å². The van der Waals surface area contributed by atoms with Crippen LogP contribution in [0.1, 0.15) is 34.5 Å². The van der Waals surface area contributed by atoms with E-state index in [1.54, 1.807) is 14.2 Å². The number of para-hydroxylation sites is 1. The Morgan fingerprint density at radius 2 is 1.71 bits per heavy atom. The average molecular weight is 420 g/mol. The van der Waals surface area contributed by atoms with Gasteiger partial charge >= 0.3 is 0 Å². The lowest BCUT2D eigenvalue weighted by atomic mass is 9.98. The molecule has 0 spiro atoms. The van der Waals surface area contributed by atoms with Gasteiger partial charge in [0.1, 0.15) is 0 Å². The van der Waals surface area contributed by atoms with Crippen LogP contribution in [0, 0.1) is 13.8 Å². The van der Waals surface area contributed by atoms with Crippen molar-refractivity contribution in [3.05, 3.63) is 70.5 Å². The molecule has 0 saturated heterocycles. The maximum atomic E-state index is 13.0. The van der Waals surface area contributed by atoms with E-state index in [1.807, 2.05) is 59.0 Å². The minimum atomic E-state index is 0.173. The number of aryl methyl sites for hydroxylation is 1. The van der Waals surface area contributed by atoms with Gasteiger partial charge in [-0.1, -0.05) is 18.2 Å². The first kappa shape index (κ1) is 21.0. The summed E-state index contributed by atoms with van der Waals surface area (Å²) in [6.07, 6.45) is 1.99. The lowest BCUT2D eigenvalue weighted by Gasteiger charge is -2.29. The Kier molecular flexibility index (Phi) is 5.98. The highest BCUT2D eigenvalue weighted by Gasteiger charge is 2.23. The summed E-state index contributed by atoms with van der Waals surface area (Å²) >= 11 is 0. The summed E-state index contributed by atoms with van der Waals surface area (Å²) in [5.41, 5.74) is 6.62. The smallest absolute Gasteiger partial charge is 0.223 e. The van der Waals surface area contributed by atoms with E-state index < -0.39 is 0 Å². The third kappa shape index (κ3) is 4.15. The molecule has 6 nitrogen and oxygen atoms in total. The van der Waals surface area contributed by atoms with Crippen LogP contribution in [-0.4, -0.2) is 41.4 Å². The third-order valence-corrected chi connectivity index (χ3v) is 6.10. The molecule has 1 aliphatic rings. The summed E-state index contributed by atoms with van der Waals surface area (Å²) in [5.74, 6) is 1.62. The second kappa shape index (κ2) is 8.84. The van der Waals surface area contributed by atoms with Gasteiger partial charge in [0.05, 0.1) is 25.6 Å². The number of methoxy groups -OCH3 is 2. The van der Waals surface area contributed by atoms with Crippen molar-refractivity contribution in [1.29, 1.82) is 0 Å². The topological polar surface area (TPSA) is 56.6 Å². The van der Waals surface area contributed by atoms with E-state index in [0.717, 1.165) is 46.9 Å². The molecule has 1 aromatic heterocycles. The van der Waals surface area contributed by atoms with Crippen molar-refractivity contribution in [2.24, 2.45) is 0 Å². The van der Waals surface area contributed by atoms with E-state index in [0.29, 0.717) is 25.1 Å². The molecule has 1 aliphatic heterocycles. The second-order valence-electron chi connectivity index (χ2n) is 7.94. The van der Waals surface area contributed by atoms with Gasteiger partial charge in [0.25, 0.3) is 0 Å². The number of amides is 1. The van der Waals surface area contributed by atoms with Crippen molar-refractivity contribution in [3.8, 4) is 17.2 Å². The third-order valence-electron chi connectivity index (χ3n) is 6.10. The molecule has 1 amide bonds. The van der Waals surface area contributed by atoms with Crippen molar-refractivity contribution in [2.75, 3.05) is 20.8 Å². The largest absolute Gasteiger partial charge is 0.493 e. The van der Waals surface area contributed by atoms with Gasteiger partial charge in [-0.05, 0) is 67.6 Å². The summed E-state index contributed by atoms with van der Waals surface area (Å²) in [4.78, 5) is 14.9. The van der Waals surface area contributed by atoms with Crippen LogP contribution in [0.3, 0.4) is 0 Å². The van der Waals surface area contributed by atoms with Crippen LogP contribution in [0.2, 0.25) is 0 Å². The van der Waals surface area contributed by atoms with Gasteiger partial charge in [0.2, 0.25) is 5.91 Å². The van der Waals surface area contributed by atoms with Crippen LogP contribution in [0.15, 0.2) is 42.5 Å². The molecule has 0 saturated carbocycles. The highest BCUT2D eigenvalue weighted by atomic mass is 16.5. The average Bonchev–Trinajstić information content (AvgIpc) is 3.09. The van der Waals surface area contributed by atoms with Crippen LogP contribution in [0.4, 0.5) is 0 Å². The minimum absolute atomic E-state index is 0.173. The molecule has 31 heavy (non-hydrogen) atoms. The predicted octanol–water partition coefficient (Wildman–Crippen LogP) is 4.02. The maximum Gasteiger partial charge on any atom is 0.223 e. The summed E-state index contributed by atoms with van der Waals surface area (Å²) in [6.45, 7) is 5.42. The second-order valence-corrected chi connectivity index (χ2v) is 7.94. The van der Waals surface area contributed by atoms with Crippen molar-refractivity contribution in [3.63, 3.8) is 0 Å². The molecule has 0 unspecified atom stereocenters. The molecule has 162 valence electrons. The molecular weight excluding hydrogens is 390 g/mol. The Labute approximate surface area is 183 Å². The summed E-state index contributed by atoms with van der Waals surface area (Å²) in [6, 6.07) is 14.1. The number of carbonyl (C=O) groups is 1. The zero-order valence-electron chi connectivity index (χ0n) is 18.6. The van der Waals surface area contributed by atoms with Gasteiger partial charge < -0.3 is 14.4 Å². The van der Waals surface area contributed by atoms with E-state index in [9.17, 15) is 4.79 Å². The number of carbonyl (C=O) groups excluding carboxylic acids is 1. The van der Waals surface area contributed by atoms with E-state index in [4.69, 9.17) is 14.6 Å². The number of ether oxygens (including phenoxy) is 2. The van der Waals surface area contributed by atoms with Crippen molar-refractivity contribution < 1.29 is 14.3 Å². The van der Waals surface area contributed by atoms with Gasteiger partial charge in [0, 0.05) is 25.2 Å². The first-order valence-electron chi connectivity index (χ1n) is 10.6. The van der Waals surface area contributed by atoms with Gasteiger partial charge in [-0.3, -0.25) is 4.79 Å². The molecule has 0 bridgehead atoms. The van der Waals surface area contributed by atoms with Crippen LogP contribution < -0.4 is 9.47 Å². The number of fused-ring (bicyclic) bond motifs is 1. The molecule has 2 aromatic carbocycles. The zero-order valence-corrected chi connectivity index (χ0v) is 18.6. The highest BCUT2D eigenvalue weighted by Crippen LogP contribution is 2.33. The Hall–Kier alpha value is -3.28. The molecule has 0 atom stereocenters. The summed E-state index contributed by atoms with van der Waals surface area (Å²) in [7, 11) is 3.28. The van der Waals surface area contributed by atoms with Gasteiger partial charge in [-0.15, -0.1) is 0 Å².